The molecule has 9 heteroatoms. The molecule has 0 aromatic heterocycles. The van der Waals surface area contributed by atoms with Crippen LogP contribution in [0.15, 0.2) is 42.5 Å². The molecule has 3 rings (SSSR count). The first-order chi connectivity index (χ1) is 13.5. The predicted octanol–water partition coefficient (Wildman–Crippen LogP) is 4.62. The van der Waals surface area contributed by atoms with Gasteiger partial charge in [-0.25, -0.2) is 0 Å². The van der Waals surface area contributed by atoms with Crippen LogP contribution in [0, 0.1) is 5.92 Å². The molecule has 29 heavy (non-hydrogen) atoms. The molecule has 1 N–H and O–H groups in total. The number of halogens is 4. The molecule has 1 heterocycles. The lowest BCUT2D eigenvalue weighted by Crippen LogP contribution is -2.50. The van der Waals surface area contributed by atoms with Crippen LogP contribution in [0.4, 0.5) is 18.9 Å². The molecule has 0 fully saturated rings. The summed E-state index contributed by atoms with van der Waals surface area (Å²) in [6, 6.07) is 7.45. The molecule has 0 radical (unpaired) electrons. The Morgan fingerprint density at radius 3 is 2.07 bits per heavy atom. The minimum atomic E-state index is -4.62. The standard InChI is InChI=1S/C20H16ClF3N2O3/c1-10(2)16(26-18(28)12-5-3-4-6-13(12)19(26)29)17(27)25-15-9-11(20(22,23)24)7-8-14(15)21/h3-10,16H,1-2H3,(H,25,27). The van der Waals surface area contributed by atoms with Crippen LogP contribution in [-0.4, -0.2) is 28.7 Å². The highest BCUT2D eigenvalue weighted by Crippen LogP contribution is 2.34. The van der Waals surface area contributed by atoms with Gasteiger partial charge in [0.05, 0.1) is 27.4 Å². The zero-order valence-electron chi connectivity index (χ0n) is 15.4. The Balaban J connectivity index is 1.93. The number of nitrogens with one attached hydrogen (secondary N) is 1. The van der Waals surface area contributed by atoms with Gasteiger partial charge < -0.3 is 5.32 Å². The van der Waals surface area contributed by atoms with E-state index in [1.165, 1.54) is 12.1 Å². The quantitative estimate of drug-likeness (QED) is 0.728. The summed E-state index contributed by atoms with van der Waals surface area (Å²) in [4.78, 5) is 39.2. The van der Waals surface area contributed by atoms with Crippen LogP contribution in [0.3, 0.4) is 0 Å². The van der Waals surface area contributed by atoms with E-state index >= 15 is 0 Å². The van der Waals surface area contributed by atoms with Crippen LogP contribution < -0.4 is 5.32 Å². The Labute approximate surface area is 169 Å². The maximum absolute atomic E-state index is 13.0. The van der Waals surface area contributed by atoms with Crippen molar-refractivity contribution >= 4 is 35.0 Å². The second-order valence-electron chi connectivity index (χ2n) is 6.90. The molecule has 0 saturated carbocycles. The zero-order valence-corrected chi connectivity index (χ0v) is 16.1. The monoisotopic (exact) mass is 424 g/mol. The van der Waals surface area contributed by atoms with Gasteiger partial charge in [-0.15, -0.1) is 0 Å². The van der Waals surface area contributed by atoms with E-state index in [1.807, 2.05) is 0 Å². The zero-order chi connectivity index (χ0) is 21.5. The highest BCUT2D eigenvalue weighted by Gasteiger charge is 2.44. The van der Waals surface area contributed by atoms with Gasteiger partial charge in [0.1, 0.15) is 6.04 Å². The third kappa shape index (κ3) is 3.85. The summed E-state index contributed by atoms with van der Waals surface area (Å²) in [5.74, 6) is -2.57. The Bertz CT molecular complexity index is 970. The minimum Gasteiger partial charge on any atom is -0.323 e. The molecule has 152 valence electrons. The fraction of sp³-hybridized carbons (Fsp3) is 0.250. The van der Waals surface area contributed by atoms with Gasteiger partial charge in [0.2, 0.25) is 5.91 Å². The number of anilines is 1. The van der Waals surface area contributed by atoms with Crippen molar-refractivity contribution in [3.63, 3.8) is 0 Å². The lowest BCUT2D eigenvalue weighted by molar-refractivity contribution is -0.137. The molecule has 1 unspecified atom stereocenters. The van der Waals surface area contributed by atoms with Crippen molar-refractivity contribution in [3.05, 3.63) is 64.2 Å². The molecule has 0 saturated heterocycles. The highest BCUT2D eigenvalue weighted by atomic mass is 35.5. The van der Waals surface area contributed by atoms with Crippen molar-refractivity contribution in [1.82, 2.24) is 4.90 Å². The lowest BCUT2D eigenvalue weighted by atomic mass is 10.0. The van der Waals surface area contributed by atoms with Crippen LogP contribution in [-0.2, 0) is 11.0 Å². The summed E-state index contributed by atoms with van der Waals surface area (Å²) in [5, 5.41) is 2.23. The van der Waals surface area contributed by atoms with E-state index < -0.39 is 41.4 Å². The van der Waals surface area contributed by atoms with Gasteiger partial charge in [-0.1, -0.05) is 37.6 Å². The number of carbonyl (C=O) groups is 3. The van der Waals surface area contributed by atoms with Crippen molar-refractivity contribution in [1.29, 1.82) is 0 Å². The highest BCUT2D eigenvalue weighted by molar-refractivity contribution is 6.34. The minimum absolute atomic E-state index is 0.101. The molecule has 2 aromatic rings. The van der Waals surface area contributed by atoms with Crippen LogP contribution in [0.5, 0.6) is 0 Å². The summed E-state index contributed by atoms with van der Waals surface area (Å²) < 4.78 is 38.9. The maximum Gasteiger partial charge on any atom is 0.416 e. The van der Waals surface area contributed by atoms with E-state index in [-0.39, 0.29) is 21.8 Å². The molecule has 5 nitrogen and oxygen atoms in total. The molecule has 3 amide bonds. The summed E-state index contributed by atoms with van der Waals surface area (Å²) in [6.07, 6.45) is -4.62. The molecule has 0 bridgehead atoms. The number of fused-ring (bicyclic) bond motifs is 1. The average Bonchev–Trinajstić information content (AvgIpc) is 2.88. The van der Waals surface area contributed by atoms with E-state index in [2.05, 4.69) is 5.32 Å². The topological polar surface area (TPSA) is 66.5 Å². The van der Waals surface area contributed by atoms with E-state index in [4.69, 9.17) is 11.6 Å². The van der Waals surface area contributed by atoms with Gasteiger partial charge in [-0.3, -0.25) is 19.3 Å². The Morgan fingerprint density at radius 2 is 1.59 bits per heavy atom. The van der Waals surface area contributed by atoms with Crippen LogP contribution in [0.1, 0.15) is 40.1 Å². The summed E-state index contributed by atoms with van der Waals surface area (Å²) in [7, 11) is 0. The number of carbonyl (C=O) groups excluding carboxylic acids is 3. The number of hydrogen-bond acceptors (Lipinski definition) is 3. The van der Waals surface area contributed by atoms with Crippen molar-refractivity contribution in [3.8, 4) is 0 Å². The van der Waals surface area contributed by atoms with E-state index in [0.29, 0.717) is 6.07 Å². The van der Waals surface area contributed by atoms with Crippen molar-refractivity contribution < 1.29 is 27.6 Å². The average molecular weight is 425 g/mol. The molecular formula is C20H16ClF3N2O3. The van der Waals surface area contributed by atoms with Gasteiger partial charge in [0, 0.05) is 0 Å². The lowest BCUT2D eigenvalue weighted by Gasteiger charge is -2.28. The molecule has 1 aliphatic heterocycles. The fourth-order valence-electron chi connectivity index (χ4n) is 3.18. The summed E-state index contributed by atoms with van der Waals surface area (Å²) in [5.41, 5.74) is -0.895. The molecule has 1 atom stereocenters. The fourth-order valence-corrected chi connectivity index (χ4v) is 3.35. The number of imide groups is 1. The van der Waals surface area contributed by atoms with Crippen LogP contribution in [0.2, 0.25) is 5.02 Å². The number of amides is 3. The number of hydrogen-bond donors (Lipinski definition) is 1. The van der Waals surface area contributed by atoms with Crippen LogP contribution in [0.25, 0.3) is 0 Å². The first-order valence-electron chi connectivity index (χ1n) is 8.67. The van der Waals surface area contributed by atoms with Gasteiger partial charge >= 0.3 is 6.18 Å². The molecule has 2 aromatic carbocycles. The normalized spacial score (nSPS) is 14.9. The largest absolute Gasteiger partial charge is 0.416 e. The smallest absolute Gasteiger partial charge is 0.323 e. The summed E-state index contributed by atoms with van der Waals surface area (Å²) in [6.45, 7) is 3.25. The molecular weight excluding hydrogens is 409 g/mol. The number of nitrogens with zero attached hydrogens (tertiary/aromatic N) is 1. The number of alkyl halides is 3. The second-order valence-corrected chi connectivity index (χ2v) is 7.30. The van der Waals surface area contributed by atoms with Gasteiger partial charge in [0.15, 0.2) is 0 Å². The maximum atomic E-state index is 13.0. The van der Waals surface area contributed by atoms with E-state index in [9.17, 15) is 27.6 Å². The van der Waals surface area contributed by atoms with Crippen molar-refractivity contribution in [2.45, 2.75) is 26.1 Å². The first kappa shape index (κ1) is 20.9. The third-order valence-electron chi connectivity index (χ3n) is 4.56. The predicted molar refractivity (Wildman–Crippen MR) is 101 cm³/mol. The SMILES string of the molecule is CC(C)C(C(=O)Nc1cc(C(F)(F)F)ccc1Cl)N1C(=O)c2ccccc2C1=O. The van der Waals surface area contributed by atoms with E-state index in [0.717, 1.165) is 17.0 Å². The molecule has 0 spiro atoms. The Kier molecular flexibility index (Phi) is 5.40. The molecule has 0 aliphatic carbocycles. The van der Waals surface area contributed by atoms with Crippen molar-refractivity contribution in [2.75, 3.05) is 5.32 Å². The second kappa shape index (κ2) is 7.51. The Morgan fingerprint density at radius 1 is 1.03 bits per heavy atom. The van der Waals surface area contributed by atoms with Gasteiger partial charge in [-0.2, -0.15) is 13.2 Å². The van der Waals surface area contributed by atoms with Crippen molar-refractivity contribution in [2.24, 2.45) is 5.92 Å². The van der Waals surface area contributed by atoms with E-state index in [1.54, 1.807) is 26.0 Å². The number of benzene rings is 2. The van der Waals surface area contributed by atoms with Gasteiger partial charge in [0.25, 0.3) is 11.8 Å². The first-order valence-corrected chi connectivity index (χ1v) is 9.04. The molecule has 1 aliphatic rings. The summed E-state index contributed by atoms with van der Waals surface area (Å²) >= 11 is 5.94. The van der Waals surface area contributed by atoms with Crippen LogP contribution >= 0.6 is 11.6 Å². The Hall–Kier alpha value is -2.87. The third-order valence-corrected chi connectivity index (χ3v) is 4.88. The number of rotatable bonds is 4. The van der Waals surface area contributed by atoms with Gasteiger partial charge in [-0.05, 0) is 36.2 Å².